The lowest BCUT2D eigenvalue weighted by atomic mass is 9.66. The maximum Gasteiger partial charge on any atom is 0.244 e. The van der Waals surface area contributed by atoms with Gasteiger partial charge in [0.1, 0.15) is 6.04 Å². The number of likely N-dealkylation sites (tertiary alicyclic amines) is 1. The normalized spacial score (nSPS) is 33.5. The van der Waals surface area contributed by atoms with Crippen LogP contribution in [-0.4, -0.2) is 69.0 Å². The van der Waals surface area contributed by atoms with E-state index in [9.17, 15) is 19.5 Å². The molecule has 3 fully saturated rings. The highest BCUT2D eigenvalue weighted by Crippen LogP contribution is 2.71. The fourth-order valence-electron chi connectivity index (χ4n) is 6.58. The highest BCUT2D eigenvalue weighted by atomic mass is 32.2. The third-order valence-electron chi connectivity index (χ3n) is 8.02. The van der Waals surface area contributed by atoms with Crippen molar-refractivity contribution in [3.63, 3.8) is 0 Å². The molecule has 3 aliphatic heterocycles. The summed E-state index contributed by atoms with van der Waals surface area (Å²) in [6.07, 6.45) is 3.73. The zero-order valence-corrected chi connectivity index (χ0v) is 21.4. The Kier molecular flexibility index (Phi) is 7.02. The van der Waals surface area contributed by atoms with E-state index in [0.717, 1.165) is 24.8 Å². The standard InChI is InChI=1S/C26H37N3O4S/c1-5-9-16(2)28-23(32)21-26-13-12-25(3,34-26)19(22(31)27-4)20(26)24(33)29(21)18(15-30)14-17-10-7-6-8-11-17/h6-8,10-11,16,18-21,30H,5,9,12-15H2,1-4H3,(H,27,31)(H,28,32)/t16?,18-,19+,20+,21?,25-,26?/m1/s1. The first-order chi connectivity index (χ1) is 16.2. The highest BCUT2D eigenvalue weighted by Gasteiger charge is 2.77. The Bertz CT molecular complexity index is 943. The third-order valence-corrected chi connectivity index (χ3v) is 10.0. The first-order valence-electron chi connectivity index (χ1n) is 12.4. The van der Waals surface area contributed by atoms with Gasteiger partial charge in [0, 0.05) is 17.8 Å². The topological polar surface area (TPSA) is 98.7 Å². The second-order valence-corrected chi connectivity index (χ2v) is 12.2. The first-order valence-corrected chi connectivity index (χ1v) is 13.2. The Hall–Kier alpha value is -2.06. The minimum absolute atomic E-state index is 0.0134. The molecule has 0 saturated carbocycles. The van der Waals surface area contributed by atoms with Gasteiger partial charge < -0.3 is 20.6 Å². The number of fused-ring (bicyclic) bond motifs is 1. The van der Waals surface area contributed by atoms with Gasteiger partial charge in [0.05, 0.1) is 29.2 Å². The van der Waals surface area contributed by atoms with E-state index in [-0.39, 0.29) is 35.1 Å². The van der Waals surface area contributed by atoms with Gasteiger partial charge >= 0.3 is 0 Å². The summed E-state index contributed by atoms with van der Waals surface area (Å²) in [5, 5.41) is 16.3. The van der Waals surface area contributed by atoms with E-state index in [1.165, 1.54) is 0 Å². The Morgan fingerprint density at radius 1 is 1.24 bits per heavy atom. The van der Waals surface area contributed by atoms with Gasteiger partial charge in [0.25, 0.3) is 0 Å². The van der Waals surface area contributed by atoms with Crippen molar-refractivity contribution in [2.45, 2.75) is 80.5 Å². The predicted octanol–water partition coefficient (Wildman–Crippen LogP) is 2.12. The molecule has 3 amide bonds. The molecule has 3 unspecified atom stereocenters. The first kappa shape index (κ1) is 25.0. The van der Waals surface area contributed by atoms with Crippen LogP contribution in [0.5, 0.6) is 0 Å². The minimum Gasteiger partial charge on any atom is -0.394 e. The number of benzene rings is 1. The van der Waals surface area contributed by atoms with E-state index < -0.39 is 28.7 Å². The molecule has 3 heterocycles. The molecule has 0 radical (unpaired) electrons. The Balaban J connectivity index is 1.76. The average Bonchev–Trinajstić information content (AvgIpc) is 3.38. The number of amides is 3. The lowest BCUT2D eigenvalue weighted by Gasteiger charge is -2.37. The van der Waals surface area contributed by atoms with Crippen molar-refractivity contribution in [3.8, 4) is 0 Å². The van der Waals surface area contributed by atoms with Crippen LogP contribution in [0.4, 0.5) is 0 Å². The van der Waals surface area contributed by atoms with Gasteiger partial charge in [-0.3, -0.25) is 14.4 Å². The average molecular weight is 488 g/mol. The maximum absolute atomic E-state index is 14.1. The lowest BCUT2D eigenvalue weighted by molar-refractivity contribution is -0.143. The summed E-state index contributed by atoms with van der Waals surface area (Å²) < 4.78 is -1.04. The minimum atomic E-state index is -0.716. The van der Waals surface area contributed by atoms with Crippen LogP contribution in [0.2, 0.25) is 0 Å². The number of carbonyl (C=O) groups excluding carboxylic acids is 3. The van der Waals surface area contributed by atoms with Gasteiger partial charge in [0.2, 0.25) is 17.7 Å². The van der Waals surface area contributed by atoms with Crippen LogP contribution in [0.3, 0.4) is 0 Å². The smallest absolute Gasteiger partial charge is 0.244 e. The fraction of sp³-hybridized carbons (Fsp3) is 0.654. The van der Waals surface area contributed by atoms with E-state index in [2.05, 4.69) is 24.5 Å². The van der Waals surface area contributed by atoms with Crippen molar-refractivity contribution in [1.29, 1.82) is 0 Å². The van der Waals surface area contributed by atoms with Crippen molar-refractivity contribution >= 4 is 29.5 Å². The number of hydrogen-bond donors (Lipinski definition) is 3. The van der Waals surface area contributed by atoms with E-state index in [1.54, 1.807) is 23.7 Å². The largest absolute Gasteiger partial charge is 0.394 e. The second kappa shape index (κ2) is 9.53. The molecule has 7 atom stereocenters. The number of aliphatic hydroxyl groups is 1. The van der Waals surface area contributed by atoms with Gasteiger partial charge in [-0.2, -0.15) is 0 Å². The molecular weight excluding hydrogens is 450 g/mol. The van der Waals surface area contributed by atoms with Gasteiger partial charge in [-0.15, -0.1) is 11.8 Å². The molecule has 0 aliphatic carbocycles. The summed E-state index contributed by atoms with van der Waals surface area (Å²) >= 11 is 1.66. The molecule has 3 saturated heterocycles. The van der Waals surface area contributed by atoms with E-state index in [4.69, 9.17) is 0 Å². The molecule has 4 rings (SSSR count). The van der Waals surface area contributed by atoms with Crippen LogP contribution >= 0.6 is 11.8 Å². The number of carbonyl (C=O) groups is 3. The molecule has 2 bridgehead atoms. The molecular formula is C26H37N3O4S. The SMILES string of the molecule is CCCC(C)NC(=O)C1N([C@@H](CO)Cc2ccccc2)C(=O)[C@@H]2[C@@H](C(=O)NC)[C@@]3(C)CCC12S3. The van der Waals surface area contributed by atoms with Crippen molar-refractivity contribution in [1.82, 2.24) is 15.5 Å². The zero-order chi connectivity index (χ0) is 24.7. The van der Waals surface area contributed by atoms with Crippen molar-refractivity contribution in [2.24, 2.45) is 11.8 Å². The number of nitrogens with one attached hydrogen (secondary N) is 2. The van der Waals surface area contributed by atoms with Crippen LogP contribution < -0.4 is 10.6 Å². The molecule has 34 heavy (non-hydrogen) atoms. The van der Waals surface area contributed by atoms with Crippen molar-refractivity contribution in [2.75, 3.05) is 13.7 Å². The third kappa shape index (κ3) is 3.92. The summed E-state index contributed by atoms with van der Waals surface area (Å²) in [5.41, 5.74) is 0.995. The van der Waals surface area contributed by atoms with Gasteiger partial charge in [-0.1, -0.05) is 43.7 Å². The molecule has 1 aromatic carbocycles. The second-order valence-electron chi connectivity index (χ2n) is 10.3. The Labute approximate surface area is 206 Å². The summed E-state index contributed by atoms with van der Waals surface area (Å²) in [4.78, 5) is 42.6. The molecule has 1 spiro atoms. The summed E-state index contributed by atoms with van der Waals surface area (Å²) in [6, 6.07) is 8.46. The van der Waals surface area contributed by atoms with Crippen LogP contribution in [0.1, 0.15) is 52.0 Å². The van der Waals surface area contributed by atoms with E-state index in [0.29, 0.717) is 12.8 Å². The van der Waals surface area contributed by atoms with Crippen molar-refractivity contribution in [3.05, 3.63) is 35.9 Å². The van der Waals surface area contributed by atoms with Crippen LogP contribution in [0.25, 0.3) is 0 Å². The number of thioether (sulfide) groups is 1. The molecule has 1 aromatic rings. The zero-order valence-electron chi connectivity index (χ0n) is 20.5. The molecule has 3 aliphatic rings. The quantitative estimate of drug-likeness (QED) is 0.496. The monoisotopic (exact) mass is 487 g/mol. The van der Waals surface area contributed by atoms with Crippen molar-refractivity contribution < 1.29 is 19.5 Å². The van der Waals surface area contributed by atoms with E-state index >= 15 is 0 Å². The fourth-order valence-corrected chi connectivity index (χ4v) is 8.92. The maximum atomic E-state index is 14.1. The Morgan fingerprint density at radius 3 is 2.56 bits per heavy atom. The highest BCUT2D eigenvalue weighted by molar-refractivity contribution is 8.02. The Morgan fingerprint density at radius 2 is 1.94 bits per heavy atom. The molecule has 7 nitrogen and oxygen atoms in total. The number of aliphatic hydroxyl groups excluding tert-OH is 1. The molecule has 8 heteroatoms. The summed E-state index contributed by atoms with van der Waals surface area (Å²) in [5.74, 6) is -1.55. The molecule has 186 valence electrons. The van der Waals surface area contributed by atoms with Crippen LogP contribution in [0, 0.1) is 11.8 Å². The molecule has 0 aromatic heterocycles. The molecule has 3 N–H and O–H groups in total. The lowest BCUT2D eigenvalue weighted by Crippen LogP contribution is -2.58. The van der Waals surface area contributed by atoms with Crippen LogP contribution in [0.15, 0.2) is 30.3 Å². The van der Waals surface area contributed by atoms with E-state index in [1.807, 2.05) is 37.3 Å². The number of nitrogens with zero attached hydrogens (tertiary/aromatic N) is 1. The van der Waals surface area contributed by atoms with Gasteiger partial charge in [0.15, 0.2) is 0 Å². The van der Waals surface area contributed by atoms with Crippen LogP contribution in [-0.2, 0) is 20.8 Å². The van der Waals surface area contributed by atoms with Gasteiger partial charge in [-0.25, -0.2) is 0 Å². The summed E-state index contributed by atoms with van der Waals surface area (Å²) in [7, 11) is 1.61. The van der Waals surface area contributed by atoms with Gasteiger partial charge in [-0.05, 0) is 45.1 Å². The number of rotatable bonds is 9. The predicted molar refractivity (Wildman–Crippen MR) is 133 cm³/mol. The summed E-state index contributed by atoms with van der Waals surface area (Å²) in [6.45, 7) is 5.88. The number of hydrogen-bond acceptors (Lipinski definition) is 5.